The van der Waals surface area contributed by atoms with Crippen molar-refractivity contribution in [2.75, 3.05) is 0 Å². The number of carboxylic acids is 1. The normalized spacial score (nSPS) is 17.5. The monoisotopic (exact) mass is 351 g/mol. The van der Waals surface area contributed by atoms with Crippen LogP contribution in [-0.4, -0.2) is 41.7 Å². The number of benzene rings is 1. The van der Waals surface area contributed by atoms with Gasteiger partial charge in [0.05, 0.1) is 18.0 Å². The molecule has 1 unspecified atom stereocenters. The second-order valence-corrected chi connectivity index (χ2v) is 6.00. The van der Waals surface area contributed by atoms with Crippen molar-refractivity contribution in [3.63, 3.8) is 0 Å². The van der Waals surface area contributed by atoms with Crippen LogP contribution in [0.2, 0.25) is 5.02 Å². The largest absolute Gasteiger partial charge is 0.480 e. The predicted octanol–water partition coefficient (Wildman–Crippen LogP) is 1.62. The molecule has 0 amide bonds. The van der Waals surface area contributed by atoms with E-state index in [1.165, 1.54) is 6.07 Å². The molecule has 0 bridgehead atoms. The number of nitro groups is 1. The number of halogens is 1. The number of carbonyl (C=O) groups is 1. The Hall–Kier alpha value is -2.52. The Bertz CT molecular complexity index is 821. The lowest BCUT2D eigenvalue weighted by molar-refractivity contribution is -0.385. The zero-order valence-corrected chi connectivity index (χ0v) is 13.5. The minimum absolute atomic E-state index is 0.107. The van der Waals surface area contributed by atoms with Crippen LogP contribution < -0.4 is 0 Å². The number of aliphatic carboxylic acids is 1. The minimum atomic E-state index is -0.995. The van der Waals surface area contributed by atoms with E-state index in [-0.39, 0.29) is 30.3 Å². The average Bonchev–Trinajstić information content (AvgIpc) is 2.88. The third kappa shape index (κ3) is 2.95. The van der Waals surface area contributed by atoms with Crippen LogP contribution in [0, 0.1) is 17.0 Å². The van der Waals surface area contributed by atoms with Crippen molar-refractivity contribution in [3.05, 3.63) is 50.5 Å². The highest BCUT2D eigenvalue weighted by Crippen LogP contribution is 2.27. The van der Waals surface area contributed by atoms with Crippen molar-refractivity contribution in [3.8, 4) is 0 Å². The minimum Gasteiger partial charge on any atom is -0.480 e. The van der Waals surface area contributed by atoms with Gasteiger partial charge in [0, 0.05) is 23.2 Å². The van der Waals surface area contributed by atoms with E-state index in [0.717, 1.165) is 0 Å². The quantitative estimate of drug-likeness (QED) is 0.657. The second kappa shape index (κ2) is 6.17. The molecule has 0 aliphatic carbocycles. The first-order chi connectivity index (χ1) is 11.4. The van der Waals surface area contributed by atoms with Crippen molar-refractivity contribution in [2.45, 2.75) is 32.6 Å². The number of carboxylic acid groups (broad SMARTS) is 1. The Morgan fingerprint density at radius 3 is 2.92 bits per heavy atom. The first kappa shape index (κ1) is 16.3. The summed E-state index contributed by atoms with van der Waals surface area (Å²) in [4.78, 5) is 24.0. The number of aromatic nitrogens is 3. The Balaban J connectivity index is 1.94. The molecular weight excluding hydrogens is 338 g/mol. The van der Waals surface area contributed by atoms with E-state index in [4.69, 9.17) is 11.6 Å². The van der Waals surface area contributed by atoms with Crippen LogP contribution in [0.1, 0.15) is 17.2 Å². The van der Waals surface area contributed by atoms with Gasteiger partial charge in [-0.05, 0) is 19.1 Å². The first-order valence-electron chi connectivity index (χ1n) is 7.15. The fourth-order valence-electron chi connectivity index (χ4n) is 2.82. The van der Waals surface area contributed by atoms with Gasteiger partial charge in [-0.2, -0.15) is 0 Å². The van der Waals surface area contributed by atoms with Crippen molar-refractivity contribution in [1.29, 1.82) is 0 Å². The standard InChI is InChI=1S/C14H14ClN5O4/c1-8-16-17-13-7-18(12(14(21)22)6-19(8)13)5-9-2-3-10(15)4-11(9)20(23)24/h2-4,12H,5-7H2,1H3,(H,21,22). The van der Waals surface area contributed by atoms with Crippen molar-refractivity contribution in [2.24, 2.45) is 0 Å². The molecule has 10 heteroatoms. The van der Waals surface area contributed by atoms with Gasteiger partial charge in [0.25, 0.3) is 5.69 Å². The maximum atomic E-state index is 11.6. The van der Waals surface area contributed by atoms with E-state index in [2.05, 4.69) is 10.2 Å². The lowest BCUT2D eigenvalue weighted by Gasteiger charge is -2.33. The molecule has 126 valence electrons. The highest BCUT2D eigenvalue weighted by atomic mass is 35.5. The first-order valence-corrected chi connectivity index (χ1v) is 7.53. The smallest absolute Gasteiger partial charge is 0.322 e. The second-order valence-electron chi connectivity index (χ2n) is 5.56. The Kier molecular flexibility index (Phi) is 4.20. The summed E-state index contributed by atoms with van der Waals surface area (Å²) >= 11 is 5.82. The van der Waals surface area contributed by atoms with E-state index < -0.39 is 16.9 Å². The molecule has 2 aromatic rings. The number of hydrogen-bond donors (Lipinski definition) is 1. The lowest BCUT2D eigenvalue weighted by atomic mass is 10.1. The average molecular weight is 352 g/mol. The van der Waals surface area contributed by atoms with Crippen LogP contribution >= 0.6 is 11.6 Å². The molecule has 24 heavy (non-hydrogen) atoms. The topological polar surface area (TPSA) is 114 Å². The third-order valence-electron chi connectivity index (χ3n) is 4.06. The maximum absolute atomic E-state index is 11.6. The van der Waals surface area contributed by atoms with Gasteiger partial charge in [-0.3, -0.25) is 19.8 Å². The molecule has 0 saturated carbocycles. The lowest BCUT2D eigenvalue weighted by Crippen LogP contribution is -2.47. The number of aryl methyl sites for hydroxylation is 1. The van der Waals surface area contributed by atoms with Gasteiger partial charge in [-0.25, -0.2) is 0 Å². The van der Waals surface area contributed by atoms with Gasteiger partial charge in [0.2, 0.25) is 0 Å². The summed E-state index contributed by atoms with van der Waals surface area (Å²) in [6.45, 7) is 2.31. The summed E-state index contributed by atoms with van der Waals surface area (Å²) in [6, 6.07) is 3.55. The van der Waals surface area contributed by atoms with Crippen LogP contribution in [0.5, 0.6) is 0 Å². The zero-order valence-electron chi connectivity index (χ0n) is 12.7. The molecule has 1 aliphatic rings. The van der Waals surface area contributed by atoms with Gasteiger partial charge < -0.3 is 9.67 Å². The molecule has 0 fully saturated rings. The molecule has 2 heterocycles. The van der Waals surface area contributed by atoms with Gasteiger partial charge in [-0.15, -0.1) is 10.2 Å². The summed E-state index contributed by atoms with van der Waals surface area (Å²) in [7, 11) is 0. The number of fused-ring (bicyclic) bond motifs is 1. The van der Waals surface area contributed by atoms with Crippen LogP contribution in [0.3, 0.4) is 0 Å². The van der Waals surface area contributed by atoms with Gasteiger partial charge in [0.15, 0.2) is 0 Å². The molecule has 1 N–H and O–H groups in total. The molecule has 1 aromatic heterocycles. The molecule has 3 rings (SSSR count). The Morgan fingerprint density at radius 2 is 2.25 bits per heavy atom. The summed E-state index contributed by atoms with van der Waals surface area (Å²) < 4.78 is 1.76. The molecule has 0 radical (unpaired) electrons. The van der Waals surface area contributed by atoms with Crippen molar-refractivity contribution < 1.29 is 14.8 Å². The third-order valence-corrected chi connectivity index (χ3v) is 4.29. The van der Waals surface area contributed by atoms with Crippen LogP contribution in [0.15, 0.2) is 18.2 Å². The molecule has 0 spiro atoms. The van der Waals surface area contributed by atoms with Gasteiger partial charge >= 0.3 is 5.97 Å². The van der Waals surface area contributed by atoms with E-state index in [1.54, 1.807) is 28.5 Å². The SMILES string of the molecule is Cc1nnc2n1CC(C(=O)O)N(Cc1ccc(Cl)cc1[N+](=O)[O-])C2. The van der Waals surface area contributed by atoms with Gasteiger partial charge in [-0.1, -0.05) is 11.6 Å². The fraction of sp³-hybridized carbons (Fsp3) is 0.357. The molecular formula is C14H14ClN5O4. The van der Waals surface area contributed by atoms with Crippen molar-refractivity contribution >= 4 is 23.3 Å². The van der Waals surface area contributed by atoms with E-state index in [9.17, 15) is 20.0 Å². The van der Waals surface area contributed by atoms with E-state index in [0.29, 0.717) is 17.2 Å². The van der Waals surface area contributed by atoms with E-state index >= 15 is 0 Å². The summed E-state index contributed by atoms with van der Waals surface area (Å²) in [5.41, 5.74) is 0.273. The number of nitrogens with zero attached hydrogens (tertiary/aromatic N) is 5. The van der Waals surface area contributed by atoms with E-state index in [1.807, 2.05) is 0 Å². The van der Waals surface area contributed by atoms with Crippen LogP contribution in [0.25, 0.3) is 0 Å². The Labute approximate surface area is 141 Å². The summed E-state index contributed by atoms with van der Waals surface area (Å²) in [6.07, 6.45) is 0. The number of nitro benzene ring substituents is 1. The highest BCUT2D eigenvalue weighted by molar-refractivity contribution is 6.30. The highest BCUT2D eigenvalue weighted by Gasteiger charge is 2.34. The molecule has 1 aromatic carbocycles. The van der Waals surface area contributed by atoms with Crippen LogP contribution in [0.4, 0.5) is 5.69 Å². The molecule has 0 saturated heterocycles. The molecule has 9 nitrogen and oxygen atoms in total. The molecule has 1 atom stereocenters. The Morgan fingerprint density at radius 1 is 1.50 bits per heavy atom. The molecule has 1 aliphatic heterocycles. The fourth-order valence-corrected chi connectivity index (χ4v) is 2.99. The maximum Gasteiger partial charge on any atom is 0.322 e. The number of rotatable bonds is 4. The summed E-state index contributed by atoms with van der Waals surface area (Å²) in [5.74, 6) is 0.292. The van der Waals surface area contributed by atoms with Crippen molar-refractivity contribution in [1.82, 2.24) is 19.7 Å². The van der Waals surface area contributed by atoms with Gasteiger partial charge in [0.1, 0.15) is 17.7 Å². The predicted molar refractivity (Wildman–Crippen MR) is 83.5 cm³/mol. The van der Waals surface area contributed by atoms with Crippen LogP contribution in [-0.2, 0) is 24.4 Å². The summed E-state index contributed by atoms with van der Waals surface area (Å²) in [5, 5.41) is 29.0. The number of hydrogen-bond acceptors (Lipinski definition) is 6. The zero-order chi connectivity index (χ0) is 17.4.